The Balaban J connectivity index is 2.55. The van der Waals surface area contributed by atoms with Crippen molar-refractivity contribution in [1.82, 2.24) is 5.32 Å². The van der Waals surface area contributed by atoms with Gasteiger partial charge in [-0.15, -0.1) is 0 Å². The maximum atomic E-state index is 12.4. The molecule has 7 heteroatoms. The molecular formula is C18H22N2O4S. The van der Waals surface area contributed by atoms with E-state index < -0.39 is 11.5 Å². The highest BCUT2D eigenvalue weighted by Crippen LogP contribution is 2.39. The lowest BCUT2D eigenvalue weighted by molar-refractivity contribution is -0.137. The van der Waals surface area contributed by atoms with Crippen molar-refractivity contribution >= 4 is 34.3 Å². The standard InChI is InChI=1S/C18H22N2O4S/c1-5-12-9-13(7-8-14(12)22)16-15(17(23)24-6-2)10(3)19-18(25-16)20-11(4)21/h7-9,18,22H,5-6H2,1-4H3,(H,20,21). The Bertz CT molecular complexity index is 755. The summed E-state index contributed by atoms with van der Waals surface area (Å²) in [5.41, 5.74) is 1.96. The number of rotatable bonds is 5. The third-order valence-electron chi connectivity index (χ3n) is 3.66. The van der Waals surface area contributed by atoms with Crippen LogP contribution in [0.2, 0.25) is 0 Å². The predicted octanol–water partition coefficient (Wildman–Crippen LogP) is 2.86. The molecule has 0 aromatic heterocycles. The Morgan fingerprint density at radius 2 is 2.08 bits per heavy atom. The minimum atomic E-state index is -0.510. The first-order valence-electron chi connectivity index (χ1n) is 8.09. The number of nitrogens with one attached hydrogen (secondary N) is 1. The normalized spacial score (nSPS) is 17.1. The first-order chi connectivity index (χ1) is 11.9. The Labute approximate surface area is 151 Å². The average Bonchev–Trinajstić information content (AvgIpc) is 2.54. The van der Waals surface area contributed by atoms with Crippen LogP contribution in [0.25, 0.3) is 4.91 Å². The molecular weight excluding hydrogens is 340 g/mol. The summed E-state index contributed by atoms with van der Waals surface area (Å²) < 4.78 is 5.17. The van der Waals surface area contributed by atoms with E-state index in [1.54, 1.807) is 26.0 Å². The summed E-state index contributed by atoms with van der Waals surface area (Å²) >= 11 is 1.28. The molecule has 0 saturated carbocycles. The minimum absolute atomic E-state index is 0.201. The number of amides is 1. The quantitative estimate of drug-likeness (QED) is 0.787. The molecule has 2 rings (SSSR count). The second kappa shape index (κ2) is 8.20. The average molecular weight is 362 g/mol. The third kappa shape index (κ3) is 4.42. The van der Waals surface area contributed by atoms with Crippen molar-refractivity contribution in [2.45, 2.75) is 39.6 Å². The summed E-state index contributed by atoms with van der Waals surface area (Å²) in [5, 5.41) is 12.7. The van der Waals surface area contributed by atoms with Crippen LogP contribution in [-0.2, 0) is 20.7 Å². The summed E-state index contributed by atoms with van der Waals surface area (Å²) in [7, 11) is 0. The zero-order valence-electron chi connectivity index (χ0n) is 14.8. The van der Waals surface area contributed by atoms with Crippen LogP contribution < -0.4 is 5.32 Å². The van der Waals surface area contributed by atoms with E-state index in [1.807, 2.05) is 13.0 Å². The van der Waals surface area contributed by atoms with E-state index in [2.05, 4.69) is 10.3 Å². The molecule has 134 valence electrons. The fourth-order valence-corrected chi connectivity index (χ4v) is 3.77. The zero-order chi connectivity index (χ0) is 18.6. The van der Waals surface area contributed by atoms with Crippen LogP contribution in [0.1, 0.15) is 38.8 Å². The summed E-state index contributed by atoms with van der Waals surface area (Å²) in [5.74, 6) is -0.430. The minimum Gasteiger partial charge on any atom is -0.508 e. The van der Waals surface area contributed by atoms with Gasteiger partial charge >= 0.3 is 5.97 Å². The van der Waals surface area contributed by atoms with Crippen LogP contribution >= 0.6 is 11.8 Å². The van der Waals surface area contributed by atoms with Crippen molar-refractivity contribution in [1.29, 1.82) is 0 Å². The van der Waals surface area contributed by atoms with Crippen molar-refractivity contribution in [2.24, 2.45) is 4.99 Å². The monoisotopic (exact) mass is 362 g/mol. The molecule has 0 fully saturated rings. The molecule has 6 nitrogen and oxygen atoms in total. The molecule has 1 aliphatic rings. The lowest BCUT2D eigenvalue weighted by Crippen LogP contribution is -2.33. The summed E-state index contributed by atoms with van der Waals surface area (Å²) in [6.07, 6.45) is 0.661. The maximum absolute atomic E-state index is 12.4. The predicted molar refractivity (Wildman–Crippen MR) is 99.3 cm³/mol. The van der Waals surface area contributed by atoms with Gasteiger partial charge in [-0.3, -0.25) is 9.79 Å². The lowest BCUT2D eigenvalue weighted by Gasteiger charge is -2.24. The molecule has 1 aliphatic heterocycles. The van der Waals surface area contributed by atoms with Gasteiger partial charge in [0.2, 0.25) is 5.91 Å². The highest BCUT2D eigenvalue weighted by Gasteiger charge is 2.29. The number of hydrogen-bond acceptors (Lipinski definition) is 6. The van der Waals surface area contributed by atoms with E-state index in [0.29, 0.717) is 22.6 Å². The molecule has 2 N–H and O–H groups in total. The second-order valence-corrected chi connectivity index (χ2v) is 6.60. The van der Waals surface area contributed by atoms with Crippen LogP contribution in [-0.4, -0.2) is 34.8 Å². The molecule has 1 unspecified atom stereocenters. The number of ether oxygens (including phenoxy) is 1. The highest BCUT2D eigenvalue weighted by molar-refractivity contribution is 8.09. The van der Waals surface area contributed by atoms with E-state index >= 15 is 0 Å². The third-order valence-corrected chi connectivity index (χ3v) is 4.78. The van der Waals surface area contributed by atoms with Gasteiger partial charge in [0.05, 0.1) is 17.9 Å². The van der Waals surface area contributed by atoms with Crippen LogP contribution in [0.5, 0.6) is 5.75 Å². The first-order valence-corrected chi connectivity index (χ1v) is 8.97. The smallest absolute Gasteiger partial charge is 0.341 e. The van der Waals surface area contributed by atoms with Gasteiger partial charge in [-0.25, -0.2) is 4.79 Å². The van der Waals surface area contributed by atoms with Gasteiger partial charge in [0, 0.05) is 11.8 Å². The van der Waals surface area contributed by atoms with Crippen LogP contribution in [0.4, 0.5) is 0 Å². The van der Waals surface area contributed by atoms with Gasteiger partial charge in [-0.2, -0.15) is 0 Å². The second-order valence-electron chi connectivity index (χ2n) is 5.51. The Morgan fingerprint density at radius 3 is 2.68 bits per heavy atom. The molecule has 25 heavy (non-hydrogen) atoms. The van der Waals surface area contributed by atoms with Crippen LogP contribution in [0.3, 0.4) is 0 Å². The maximum Gasteiger partial charge on any atom is 0.341 e. The number of phenols is 1. The van der Waals surface area contributed by atoms with Crippen molar-refractivity contribution in [3.8, 4) is 5.75 Å². The molecule has 0 radical (unpaired) electrons. The van der Waals surface area contributed by atoms with E-state index in [1.165, 1.54) is 18.7 Å². The van der Waals surface area contributed by atoms with Gasteiger partial charge in [0.25, 0.3) is 0 Å². The fraction of sp³-hybridized carbons (Fsp3) is 0.389. The van der Waals surface area contributed by atoms with Crippen molar-refractivity contribution in [3.63, 3.8) is 0 Å². The molecule has 1 aromatic rings. The topological polar surface area (TPSA) is 88.0 Å². The van der Waals surface area contributed by atoms with E-state index in [4.69, 9.17) is 4.74 Å². The van der Waals surface area contributed by atoms with Crippen molar-refractivity contribution in [2.75, 3.05) is 6.61 Å². The van der Waals surface area contributed by atoms with Crippen molar-refractivity contribution < 1.29 is 19.4 Å². The number of esters is 1. The zero-order valence-corrected chi connectivity index (χ0v) is 15.6. The van der Waals surface area contributed by atoms with Gasteiger partial charge in [0.15, 0.2) is 5.50 Å². The number of aromatic hydroxyl groups is 1. The van der Waals surface area contributed by atoms with E-state index in [-0.39, 0.29) is 18.3 Å². The summed E-state index contributed by atoms with van der Waals surface area (Å²) in [4.78, 5) is 28.9. The summed E-state index contributed by atoms with van der Waals surface area (Å²) in [6.45, 7) is 7.10. The Kier molecular flexibility index (Phi) is 6.25. The number of carbonyl (C=O) groups excluding carboxylic acids is 2. The molecule has 1 aromatic carbocycles. The molecule has 1 atom stereocenters. The van der Waals surface area contributed by atoms with Crippen molar-refractivity contribution in [3.05, 3.63) is 34.9 Å². The van der Waals surface area contributed by atoms with Crippen LogP contribution in [0, 0.1) is 0 Å². The summed E-state index contributed by atoms with van der Waals surface area (Å²) in [6, 6.07) is 5.21. The van der Waals surface area contributed by atoms with Gasteiger partial charge < -0.3 is 15.2 Å². The highest BCUT2D eigenvalue weighted by atomic mass is 32.2. The van der Waals surface area contributed by atoms with Gasteiger partial charge in [0.1, 0.15) is 5.75 Å². The Morgan fingerprint density at radius 1 is 1.36 bits per heavy atom. The number of aryl methyl sites for hydroxylation is 1. The number of hydrogen-bond donors (Lipinski definition) is 2. The molecule has 0 spiro atoms. The number of thioether (sulfide) groups is 1. The first kappa shape index (κ1) is 19.1. The lowest BCUT2D eigenvalue weighted by atomic mass is 10.0. The molecule has 0 saturated heterocycles. The van der Waals surface area contributed by atoms with E-state index in [0.717, 1.165) is 11.1 Å². The number of nitrogens with zero attached hydrogens (tertiary/aromatic N) is 1. The number of carbonyl (C=O) groups is 2. The Hall–Kier alpha value is -2.28. The fourth-order valence-electron chi connectivity index (χ4n) is 2.50. The molecule has 0 bridgehead atoms. The van der Waals surface area contributed by atoms with Gasteiger partial charge in [-0.1, -0.05) is 24.8 Å². The number of aliphatic imine (C=N–C) groups is 1. The van der Waals surface area contributed by atoms with E-state index in [9.17, 15) is 14.7 Å². The molecule has 1 amide bonds. The largest absolute Gasteiger partial charge is 0.508 e. The molecule has 0 aliphatic carbocycles. The molecule has 1 heterocycles. The van der Waals surface area contributed by atoms with Gasteiger partial charge in [-0.05, 0) is 43.5 Å². The number of benzene rings is 1. The SMILES string of the molecule is CCOC(=O)C1=C(c2ccc(O)c(CC)c2)SC(NC(C)=O)N=C1C. The van der Waals surface area contributed by atoms with Crippen LogP contribution in [0.15, 0.2) is 28.8 Å². The number of phenolic OH excluding ortho intramolecular Hbond substituents is 1.